The minimum atomic E-state index is -0.434. The zero-order valence-corrected chi connectivity index (χ0v) is 12.2. The SMILES string of the molecule is COCCN(CCOC)C(=O)C1(COC)CCNC1. The van der Waals surface area contributed by atoms with Crippen LogP contribution in [0.2, 0.25) is 0 Å². The van der Waals surface area contributed by atoms with Crippen LogP contribution in [-0.2, 0) is 19.0 Å². The second-order valence-electron chi connectivity index (χ2n) is 4.92. The number of carbonyl (C=O) groups excluding carboxylic acids is 1. The Morgan fingerprint density at radius 3 is 2.21 bits per heavy atom. The highest BCUT2D eigenvalue weighted by Crippen LogP contribution is 2.28. The van der Waals surface area contributed by atoms with Crippen molar-refractivity contribution < 1.29 is 19.0 Å². The first-order valence-electron chi connectivity index (χ1n) is 6.67. The van der Waals surface area contributed by atoms with Crippen molar-refractivity contribution in [2.24, 2.45) is 5.41 Å². The van der Waals surface area contributed by atoms with E-state index in [0.29, 0.717) is 39.5 Å². The molecule has 19 heavy (non-hydrogen) atoms. The van der Waals surface area contributed by atoms with Crippen LogP contribution in [0, 0.1) is 5.41 Å². The van der Waals surface area contributed by atoms with Crippen LogP contribution in [0.4, 0.5) is 0 Å². The molecular formula is C13H26N2O4. The first-order valence-corrected chi connectivity index (χ1v) is 6.67. The van der Waals surface area contributed by atoms with Crippen LogP contribution in [0.1, 0.15) is 6.42 Å². The Morgan fingerprint density at radius 2 is 1.79 bits per heavy atom. The van der Waals surface area contributed by atoms with Crippen LogP contribution >= 0.6 is 0 Å². The highest BCUT2D eigenvalue weighted by Gasteiger charge is 2.43. The molecule has 0 aromatic carbocycles. The normalized spacial score (nSPS) is 22.7. The smallest absolute Gasteiger partial charge is 0.232 e. The quantitative estimate of drug-likeness (QED) is 0.627. The van der Waals surface area contributed by atoms with Crippen LogP contribution in [0.15, 0.2) is 0 Å². The number of rotatable bonds is 9. The molecule has 0 saturated carbocycles. The van der Waals surface area contributed by atoms with Gasteiger partial charge < -0.3 is 24.4 Å². The predicted molar refractivity (Wildman–Crippen MR) is 72.1 cm³/mol. The molecule has 1 rings (SSSR count). The van der Waals surface area contributed by atoms with Crippen LogP contribution < -0.4 is 5.32 Å². The maximum atomic E-state index is 12.8. The van der Waals surface area contributed by atoms with Gasteiger partial charge in [0.25, 0.3) is 0 Å². The minimum absolute atomic E-state index is 0.133. The van der Waals surface area contributed by atoms with Crippen molar-refractivity contribution in [2.45, 2.75) is 6.42 Å². The van der Waals surface area contributed by atoms with Crippen LogP contribution in [0.5, 0.6) is 0 Å². The zero-order valence-electron chi connectivity index (χ0n) is 12.2. The first-order chi connectivity index (χ1) is 9.20. The summed E-state index contributed by atoms with van der Waals surface area (Å²) < 4.78 is 15.4. The highest BCUT2D eigenvalue weighted by molar-refractivity contribution is 5.83. The molecule has 0 aromatic heterocycles. The molecule has 112 valence electrons. The molecule has 6 heteroatoms. The van der Waals surface area contributed by atoms with E-state index in [1.807, 2.05) is 4.90 Å². The summed E-state index contributed by atoms with van der Waals surface area (Å²) in [6.07, 6.45) is 0.816. The maximum absolute atomic E-state index is 12.8. The summed E-state index contributed by atoms with van der Waals surface area (Å²) >= 11 is 0. The Labute approximate surface area is 115 Å². The average Bonchev–Trinajstić information content (AvgIpc) is 2.88. The second-order valence-corrected chi connectivity index (χ2v) is 4.92. The molecule has 0 spiro atoms. The minimum Gasteiger partial charge on any atom is -0.384 e. The summed E-state index contributed by atoms with van der Waals surface area (Å²) in [6.45, 7) is 4.23. The topological polar surface area (TPSA) is 60.0 Å². The third-order valence-electron chi connectivity index (χ3n) is 3.54. The summed E-state index contributed by atoms with van der Waals surface area (Å²) in [6, 6.07) is 0. The molecule has 0 aliphatic carbocycles. The van der Waals surface area contributed by atoms with Crippen LogP contribution in [-0.4, -0.2) is 78.1 Å². The maximum Gasteiger partial charge on any atom is 0.232 e. The van der Waals surface area contributed by atoms with Crippen molar-refractivity contribution in [3.05, 3.63) is 0 Å². The van der Waals surface area contributed by atoms with Crippen molar-refractivity contribution in [1.29, 1.82) is 0 Å². The standard InChI is InChI=1S/C13H26N2O4/c1-17-8-6-15(7-9-18-2)12(16)13(11-19-3)4-5-14-10-13/h14H,4-11H2,1-3H3. The number of amides is 1. The Bertz CT molecular complexity index is 259. The van der Waals surface area contributed by atoms with E-state index in [9.17, 15) is 4.79 Å². The summed E-state index contributed by atoms with van der Waals surface area (Å²) in [5, 5.41) is 3.26. The van der Waals surface area contributed by atoms with Gasteiger partial charge in [-0.15, -0.1) is 0 Å². The molecule has 1 aliphatic heterocycles. The van der Waals surface area contributed by atoms with E-state index in [1.54, 1.807) is 21.3 Å². The van der Waals surface area contributed by atoms with E-state index < -0.39 is 5.41 Å². The fraction of sp³-hybridized carbons (Fsp3) is 0.923. The molecule has 0 radical (unpaired) electrons. The fourth-order valence-electron chi connectivity index (χ4n) is 2.44. The van der Waals surface area contributed by atoms with Crippen LogP contribution in [0.3, 0.4) is 0 Å². The molecule has 0 bridgehead atoms. The molecule has 1 amide bonds. The van der Waals surface area contributed by atoms with E-state index in [1.165, 1.54) is 0 Å². The third-order valence-corrected chi connectivity index (χ3v) is 3.54. The fourth-order valence-corrected chi connectivity index (χ4v) is 2.44. The molecule has 1 saturated heterocycles. The van der Waals surface area contributed by atoms with Crippen molar-refractivity contribution in [3.63, 3.8) is 0 Å². The molecule has 0 aromatic rings. The molecule has 1 atom stereocenters. The monoisotopic (exact) mass is 274 g/mol. The van der Waals surface area contributed by atoms with E-state index in [0.717, 1.165) is 13.0 Å². The lowest BCUT2D eigenvalue weighted by atomic mass is 9.86. The van der Waals surface area contributed by atoms with Crippen molar-refractivity contribution in [3.8, 4) is 0 Å². The number of nitrogens with zero attached hydrogens (tertiary/aromatic N) is 1. The van der Waals surface area contributed by atoms with Crippen molar-refractivity contribution in [1.82, 2.24) is 10.2 Å². The molecular weight excluding hydrogens is 248 g/mol. The lowest BCUT2D eigenvalue weighted by Gasteiger charge is -2.33. The van der Waals surface area contributed by atoms with E-state index in [4.69, 9.17) is 14.2 Å². The van der Waals surface area contributed by atoms with Crippen molar-refractivity contribution >= 4 is 5.91 Å². The van der Waals surface area contributed by atoms with E-state index in [-0.39, 0.29) is 5.91 Å². The molecule has 1 fully saturated rings. The molecule has 1 heterocycles. The summed E-state index contributed by atoms with van der Waals surface area (Å²) in [5.74, 6) is 0.133. The molecule has 1 N–H and O–H groups in total. The van der Waals surface area contributed by atoms with Gasteiger partial charge in [-0.1, -0.05) is 0 Å². The second kappa shape index (κ2) is 8.47. The van der Waals surface area contributed by atoms with Gasteiger partial charge in [-0.05, 0) is 13.0 Å². The van der Waals surface area contributed by atoms with Gasteiger partial charge in [0.05, 0.1) is 25.2 Å². The number of carbonyl (C=O) groups is 1. The summed E-state index contributed by atoms with van der Waals surface area (Å²) in [4.78, 5) is 14.6. The Hall–Kier alpha value is -0.690. The number of nitrogens with one attached hydrogen (secondary N) is 1. The Balaban J connectivity index is 2.70. The van der Waals surface area contributed by atoms with E-state index in [2.05, 4.69) is 5.32 Å². The molecule has 1 unspecified atom stereocenters. The Morgan fingerprint density at radius 1 is 1.16 bits per heavy atom. The van der Waals surface area contributed by atoms with Gasteiger partial charge in [0.15, 0.2) is 0 Å². The summed E-state index contributed by atoms with van der Waals surface area (Å²) in [5.41, 5.74) is -0.434. The summed E-state index contributed by atoms with van der Waals surface area (Å²) in [7, 11) is 4.92. The van der Waals surface area contributed by atoms with Gasteiger partial charge in [0.2, 0.25) is 5.91 Å². The van der Waals surface area contributed by atoms with Gasteiger partial charge in [-0.2, -0.15) is 0 Å². The van der Waals surface area contributed by atoms with Gasteiger partial charge in [0, 0.05) is 41.0 Å². The average molecular weight is 274 g/mol. The Kier molecular flexibility index (Phi) is 7.30. The van der Waals surface area contributed by atoms with Gasteiger partial charge in [0.1, 0.15) is 0 Å². The first kappa shape index (κ1) is 16.4. The number of methoxy groups -OCH3 is 3. The number of hydrogen-bond acceptors (Lipinski definition) is 5. The molecule has 6 nitrogen and oxygen atoms in total. The van der Waals surface area contributed by atoms with Gasteiger partial charge in [-0.25, -0.2) is 0 Å². The van der Waals surface area contributed by atoms with Crippen LogP contribution in [0.25, 0.3) is 0 Å². The third kappa shape index (κ3) is 4.42. The molecule has 1 aliphatic rings. The number of ether oxygens (including phenoxy) is 3. The van der Waals surface area contributed by atoms with Crippen molar-refractivity contribution in [2.75, 3.05) is 67.3 Å². The largest absolute Gasteiger partial charge is 0.384 e. The lowest BCUT2D eigenvalue weighted by molar-refractivity contribution is -0.145. The lowest BCUT2D eigenvalue weighted by Crippen LogP contribution is -2.49. The predicted octanol–water partition coefficient (Wildman–Crippen LogP) is -0.266. The van der Waals surface area contributed by atoms with E-state index >= 15 is 0 Å². The number of hydrogen-bond donors (Lipinski definition) is 1. The van der Waals surface area contributed by atoms with Gasteiger partial charge in [-0.3, -0.25) is 4.79 Å². The zero-order chi connectivity index (χ0) is 14.1. The van der Waals surface area contributed by atoms with Gasteiger partial charge >= 0.3 is 0 Å². The highest BCUT2D eigenvalue weighted by atomic mass is 16.5.